The third kappa shape index (κ3) is 7.33. The van der Waals surface area contributed by atoms with Crippen LogP contribution < -0.4 is 10.6 Å². The van der Waals surface area contributed by atoms with Crippen molar-refractivity contribution in [2.24, 2.45) is 0 Å². The number of rotatable bonds is 8. The van der Waals surface area contributed by atoms with Gasteiger partial charge in [-0.15, -0.1) is 0 Å². The van der Waals surface area contributed by atoms with Gasteiger partial charge >= 0.3 is 5.97 Å². The molecule has 12 heteroatoms. The van der Waals surface area contributed by atoms with Crippen LogP contribution in [0.15, 0.2) is 60.7 Å². The van der Waals surface area contributed by atoms with Crippen molar-refractivity contribution in [3.05, 3.63) is 71.8 Å². The average molecular weight is 507 g/mol. The Hall–Kier alpha value is -3.32. The Balaban J connectivity index is 1.97. The van der Waals surface area contributed by atoms with E-state index in [1.165, 1.54) is 24.3 Å². The van der Waals surface area contributed by atoms with Gasteiger partial charge in [0.1, 0.15) is 24.9 Å². The normalized spacial score (nSPS) is 24.3. The van der Waals surface area contributed by atoms with Crippen LogP contribution in [0, 0.1) is 0 Å². The van der Waals surface area contributed by atoms with E-state index < -0.39 is 65.1 Å². The van der Waals surface area contributed by atoms with Crippen LogP contribution in [0.25, 0.3) is 0 Å². The van der Waals surface area contributed by atoms with E-state index in [0.29, 0.717) is 0 Å². The van der Waals surface area contributed by atoms with Gasteiger partial charge in [-0.3, -0.25) is 18.6 Å². The highest BCUT2D eigenvalue weighted by Crippen LogP contribution is 2.25. The summed E-state index contributed by atoms with van der Waals surface area (Å²) < 4.78 is 39.8. The summed E-state index contributed by atoms with van der Waals surface area (Å²) in [6, 6.07) is 13.5. The molecule has 0 aliphatic carbocycles. The lowest BCUT2D eigenvalue weighted by atomic mass is 9.93. The summed E-state index contributed by atoms with van der Waals surface area (Å²) in [6.07, 6.45) is -3.64. The Kier molecular flexibility index (Phi) is 8.57. The fourth-order valence-electron chi connectivity index (χ4n) is 3.59. The Morgan fingerprint density at radius 1 is 0.914 bits per heavy atom. The van der Waals surface area contributed by atoms with E-state index in [0.717, 1.165) is 13.2 Å². The maximum Gasteiger partial charge on any atom is 0.302 e. The van der Waals surface area contributed by atoms with Gasteiger partial charge < -0.3 is 25.2 Å². The standard InChI is InChI=1S/C23H26N2O9S/c1-14(26)32-13-17-20(34-35(2,30)31)18(24-21(27)15-9-5-3-6-10-15)19(23(29)33-17)25-22(28)16-11-7-4-8-12-16/h3-12,17-20,23,29H,13H2,1-2H3,(H,24,27)(H,25,28). The first-order valence-electron chi connectivity index (χ1n) is 10.6. The Morgan fingerprint density at radius 3 is 1.86 bits per heavy atom. The molecule has 1 heterocycles. The van der Waals surface area contributed by atoms with E-state index in [1.807, 2.05) is 0 Å². The predicted octanol–water partition coefficient (Wildman–Crippen LogP) is 0.209. The molecule has 35 heavy (non-hydrogen) atoms. The number of aliphatic hydroxyl groups excluding tert-OH is 1. The molecule has 0 saturated carbocycles. The molecule has 0 bridgehead atoms. The van der Waals surface area contributed by atoms with Crippen molar-refractivity contribution in [1.82, 2.24) is 10.6 Å². The SMILES string of the molecule is CC(=O)OCC1OC(O)C(NC(=O)c2ccccc2)C(NC(=O)c2ccccc2)C1OS(C)(=O)=O. The van der Waals surface area contributed by atoms with Gasteiger partial charge in [-0.2, -0.15) is 8.42 Å². The number of hydrogen-bond donors (Lipinski definition) is 3. The molecule has 2 aromatic carbocycles. The van der Waals surface area contributed by atoms with Crippen molar-refractivity contribution < 1.29 is 41.6 Å². The maximum atomic E-state index is 13.0. The van der Waals surface area contributed by atoms with Gasteiger partial charge in [0.2, 0.25) is 0 Å². The Morgan fingerprint density at radius 2 is 1.40 bits per heavy atom. The number of hydrogen-bond acceptors (Lipinski definition) is 9. The molecular formula is C23H26N2O9S. The van der Waals surface area contributed by atoms with Gasteiger partial charge in [-0.1, -0.05) is 36.4 Å². The van der Waals surface area contributed by atoms with E-state index in [4.69, 9.17) is 13.7 Å². The van der Waals surface area contributed by atoms with Crippen LogP contribution in [0.1, 0.15) is 27.6 Å². The number of nitrogens with one attached hydrogen (secondary N) is 2. The maximum absolute atomic E-state index is 13.0. The molecule has 2 amide bonds. The van der Waals surface area contributed by atoms with Crippen LogP contribution in [-0.2, 0) is 28.6 Å². The number of carbonyl (C=O) groups is 3. The minimum atomic E-state index is -4.12. The number of aliphatic hydroxyl groups is 1. The molecule has 3 N–H and O–H groups in total. The zero-order valence-corrected chi connectivity index (χ0v) is 19.8. The van der Waals surface area contributed by atoms with Gasteiger partial charge in [0, 0.05) is 18.1 Å². The van der Waals surface area contributed by atoms with Crippen LogP contribution in [0.5, 0.6) is 0 Å². The fourth-order valence-corrected chi connectivity index (χ4v) is 4.24. The summed E-state index contributed by atoms with van der Waals surface area (Å²) in [6.45, 7) is 0.673. The second-order valence-corrected chi connectivity index (χ2v) is 9.46. The second-order valence-electron chi connectivity index (χ2n) is 7.86. The summed E-state index contributed by atoms with van der Waals surface area (Å²) in [5.41, 5.74) is 0.506. The van der Waals surface area contributed by atoms with E-state index >= 15 is 0 Å². The smallest absolute Gasteiger partial charge is 0.302 e. The van der Waals surface area contributed by atoms with Crippen LogP contribution in [0.4, 0.5) is 0 Å². The van der Waals surface area contributed by atoms with Crippen molar-refractivity contribution in [3.8, 4) is 0 Å². The Bertz CT molecular complexity index is 1140. The molecule has 188 valence electrons. The lowest BCUT2D eigenvalue weighted by Crippen LogP contribution is -2.70. The molecule has 1 saturated heterocycles. The van der Waals surface area contributed by atoms with E-state index in [-0.39, 0.29) is 11.1 Å². The van der Waals surface area contributed by atoms with E-state index in [2.05, 4.69) is 10.6 Å². The summed E-state index contributed by atoms with van der Waals surface area (Å²) >= 11 is 0. The van der Waals surface area contributed by atoms with Crippen molar-refractivity contribution in [1.29, 1.82) is 0 Å². The minimum Gasteiger partial charge on any atom is -0.463 e. The number of esters is 1. The number of benzene rings is 2. The molecule has 0 aromatic heterocycles. The monoisotopic (exact) mass is 506 g/mol. The molecule has 1 aliphatic rings. The lowest BCUT2D eigenvalue weighted by molar-refractivity contribution is -0.225. The molecular weight excluding hydrogens is 480 g/mol. The first-order valence-corrected chi connectivity index (χ1v) is 12.4. The zero-order valence-electron chi connectivity index (χ0n) is 19.0. The van der Waals surface area contributed by atoms with E-state index in [9.17, 15) is 27.9 Å². The van der Waals surface area contributed by atoms with E-state index in [1.54, 1.807) is 36.4 Å². The highest BCUT2D eigenvalue weighted by Gasteiger charge is 2.49. The summed E-state index contributed by atoms with van der Waals surface area (Å²) in [5.74, 6) is -1.89. The average Bonchev–Trinajstić information content (AvgIpc) is 2.82. The molecule has 1 aliphatic heterocycles. The van der Waals surface area contributed by atoms with Crippen molar-refractivity contribution >= 4 is 27.9 Å². The third-order valence-electron chi connectivity index (χ3n) is 5.13. The first-order chi connectivity index (χ1) is 16.5. The van der Waals surface area contributed by atoms with Crippen molar-refractivity contribution in [2.45, 2.75) is 37.5 Å². The van der Waals surface area contributed by atoms with Gasteiger partial charge in [0.15, 0.2) is 6.29 Å². The van der Waals surface area contributed by atoms with Crippen LogP contribution >= 0.6 is 0 Å². The van der Waals surface area contributed by atoms with Gasteiger partial charge in [-0.05, 0) is 24.3 Å². The predicted molar refractivity (Wildman–Crippen MR) is 123 cm³/mol. The lowest BCUT2D eigenvalue weighted by Gasteiger charge is -2.44. The molecule has 3 rings (SSSR count). The third-order valence-corrected chi connectivity index (χ3v) is 5.70. The molecule has 2 aromatic rings. The topological polar surface area (TPSA) is 157 Å². The number of amides is 2. The van der Waals surface area contributed by atoms with Crippen molar-refractivity contribution in [2.75, 3.05) is 12.9 Å². The van der Waals surface area contributed by atoms with Crippen molar-refractivity contribution in [3.63, 3.8) is 0 Å². The molecule has 1 fully saturated rings. The second kappa shape index (κ2) is 11.4. The van der Waals surface area contributed by atoms with Gasteiger partial charge in [0.25, 0.3) is 21.9 Å². The molecule has 0 spiro atoms. The summed E-state index contributed by atoms with van der Waals surface area (Å²) in [4.78, 5) is 37.1. The highest BCUT2D eigenvalue weighted by atomic mass is 32.2. The largest absolute Gasteiger partial charge is 0.463 e. The first kappa shape index (κ1) is 26.3. The number of carbonyl (C=O) groups excluding carboxylic acids is 3. The highest BCUT2D eigenvalue weighted by molar-refractivity contribution is 7.86. The van der Waals surface area contributed by atoms with Crippen LogP contribution in [-0.4, -0.2) is 74.8 Å². The molecule has 0 radical (unpaired) electrons. The van der Waals surface area contributed by atoms with Gasteiger partial charge in [-0.25, -0.2) is 0 Å². The minimum absolute atomic E-state index is 0.247. The summed E-state index contributed by atoms with van der Waals surface area (Å²) in [5, 5.41) is 16.0. The van der Waals surface area contributed by atoms with Crippen LogP contribution in [0.2, 0.25) is 0 Å². The molecule has 11 nitrogen and oxygen atoms in total. The fraction of sp³-hybridized carbons (Fsp3) is 0.348. The number of ether oxygens (including phenoxy) is 2. The molecule has 5 atom stereocenters. The summed E-state index contributed by atoms with van der Waals surface area (Å²) in [7, 11) is -4.12. The Labute approximate surface area is 202 Å². The quantitative estimate of drug-likeness (QED) is 0.336. The molecule has 5 unspecified atom stereocenters. The van der Waals surface area contributed by atoms with Crippen LogP contribution in [0.3, 0.4) is 0 Å². The zero-order chi connectivity index (χ0) is 25.6. The van der Waals surface area contributed by atoms with Gasteiger partial charge in [0.05, 0.1) is 12.3 Å².